The van der Waals surface area contributed by atoms with E-state index in [0.717, 1.165) is 9.35 Å². The van der Waals surface area contributed by atoms with Crippen molar-refractivity contribution >= 4 is 37.4 Å². The number of hydrogen-bond acceptors (Lipinski definition) is 2. The molecule has 3 heteroatoms. The molecule has 0 atom stereocenters. The first-order chi connectivity index (χ1) is 6.70. The van der Waals surface area contributed by atoms with Crippen LogP contribution >= 0.6 is 27.3 Å². The van der Waals surface area contributed by atoms with E-state index in [1.165, 1.54) is 15.6 Å². The van der Waals surface area contributed by atoms with Gasteiger partial charge in [0, 0.05) is 14.0 Å². The van der Waals surface area contributed by atoms with E-state index in [0.29, 0.717) is 6.42 Å². The van der Waals surface area contributed by atoms with Gasteiger partial charge in [-0.3, -0.25) is 0 Å². The summed E-state index contributed by atoms with van der Waals surface area (Å²) in [5.74, 6) is 0. The summed E-state index contributed by atoms with van der Waals surface area (Å²) in [7, 11) is 0. The number of benzene rings is 1. The Balaban J connectivity index is 2.61. The molecule has 0 N–H and O–H groups in total. The third-order valence-electron chi connectivity index (χ3n) is 2.10. The van der Waals surface area contributed by atoms with Crippen molar-refractivity contribution < 1.29 is 0 Å². The molecule has 0 unspecified atom stereocenters. The summed E-state index contributed by atoms with van der Waals surface area (Å²) in [5.41, 5.74) is 1.24. The van der Waals surface area contributed by atoms with E-state index in [1.54, 1.807) is 11.3 Å². The van der Waals surface area contributed by atoms with Crippen molar-refractivity contribution in [3.63, 3.8) is 0 Å². The molecule has 14 heavy (non-hydrogen) atoms. The molecule has 0 saturated heterocycles. The van der Waals surface area contributed by atoms with Gasteiger partial charge in [0.1, 0.15) is 0 Å². The fourth-order valence-corrected chi connectivity index (χ4v) is 2.82. The minimum atomic E-state index is 0.510. The van der Waals surface area contributed by atoms with Crippen LogP contribution in [0.15, 0.2) is 22.7 Å². The van der Waals surface area contributed by atoms with Gasteiger partial charge in [-0.15, -0.1) is 11.3 Å². The summed E-state index contributed by atoms with van der Waals surface area (Å²) in [6.45, 7) is 2.08. The molecule has 1 aromatic carbocycles. The Labute approximate surface area is 95.1 Å². The number of hydrogen-bond donors (Lipinski definition) is 0. The summed E-state index contributed by atoms with van der Waals surface area (Å²) >= 11 is 5.21. The Hall–Kier alpha value is -0.850. The molecule has 0 saturated carbocycles. The van der Waals surface area contributed by atoms with Gasteiger partial charge in [0.05, 0.1) is 12.5 Å². The van der Waals surface area contributed by atoms with Crippen molar-refractivity contribution in [1.29, 1.82) is 5.26 Å². The van der Waals surface area contributed by atoms with Gasteiger partial charge in [0.2, 0.25) is 0 Å². The molecule has 2 aromatic rings. The largest absolute Gasteiger partial charge is 0.198 e. The Kier molecular flexibility index (Phi) is 2.58. The third-order valence-corrected chi connectivity index (χ3v) is 4.05. The maximum atomic E-state index is 8.60. The lowest BCUT2D eigenvalue weighted by atomic mass is 10.2. The van der Waals surface area contributed by atoms with Crippen LogP contribution in [0.2, 0.25) is 0 Å². The van der Waals surface area contributed by atoms with Crippen molar-refractivity contribution in [1.82, 2.24) is 0 Å². The van der Waals surface area contributed by atoms with Crippen LogP contribution in [0, 0.1) is 18.3 Å². The van der Waals surface area contributed by atoms with Crippen molar-refractivity contribution in [2.75, 3.05) is 0 Å². The summed E-state index contributed by atoms with van der Waals surface area (Å²) in [4.78, 5) is 1.14. The predicted octanol–water partition coefficient (Wildman–Crippen LogP) is 4.04. The van der Waals surface area contributed by atoms with Crippen LogP contribution in [0.1, 0.15) is 10.4 Å². The van der Waals surface area contributed by atoms with E-state index < -0.39 is 0 Å². The molecular weight excluding hydrogens is 258 g/mol. The summed E-state index contributed by atoms with van der Waals surface area (Å²) in [6, 6.07) is 8.53. The first-order valence-corrected chi connectivity index (χ1v) is 5.87. The SMILES string of the molecule is Cc1cc2sc(CC#N)cc2cc1Br. The molecule has 0 spiro atoms. The number of fused-ring (bicyclic) bond motifs is 1. The monoisotopic (exact) mass is 265 g/mol. The molecule has 0 fully saturated rings. The van der Waals surface area contributed by atoms with Gasteiger partial charge in [0.25, 0.3) is 0 Å². The average Bonchev–Trinajstić information content (AvgIpc) is 2.48. The predicted molar refractivity (Wildman–Crippen MR) is 63.6 cm³/mol. The van der Waals surface area contributed by atoms with Crippen LogP contribution < -0.4 is 0 Å². The van der Waals surface area contributed by atoms with Crippen LogP contribution in [0.4, 0.5) is 0 Å². The van der Waals surface area contributed by atoms with Gasteiger partial charge in [-0.1, -0.05) is 15.9 Å². The fraction of sp³-hybridized carbons (Fsp3) is 0.182. The highest BCUT2D eigenvalue weighted by atomic mass is 79.9. The van der Waals surface area contributed by atoms with E-state index in [4.69, 9.17) is 5.26 Å². The standard InChI is InChI=1S/C11H8BrNS/c1-7-4-11-8(6-10(7)12)5-9(14-11)2-3-13/h4-6H,2H2,1H3. The zero-order chi connectivity index (χ0) is 10.1. The smallest absolute Gasteiger partial charge is 0.0696 e. The normalized spacial score (nSPS) is 10.4. The molecule has 0 aliphatic carbocycles. The highest BCUT2D eigenvalue weighted by Crippen LogP contribution is 2.30. The first-order valence-electron chi connectivity index (χ1n) is 4.26. The van der Waals surface area contributed by atoms with E-state index >= 15 is 0 Å². The van der Waals surface area contributed by atoms with E-state index in [-0.39, 0.29) is 0 Å². The van der Waals surface area contributed by atoms with Crippen LogP contribution in [0.5, 0.6) is 0 Å². The molecule has 1 nitrogen and oxygen atoms in total. The number of nitrogens with zero attached hydrogens (tertiary/aromatic N) is 1. The Morgan fingerprint density at radius 2 is 2.21 bits per heavy atom. The number of rotatable bonds is 1. The second kappa shape index (κ2) is 3.72. The average molecular weight is 266 g/mol. The Morgan fingerprint density at radius 1 is 1.43 bits per heavy atom. The van der Waals surface area contributed by atoms with Crippen LogP contribution in [0.3, 0.4) is 0 Å². The van der Waals surface area contributed by atoms with Crippen LogP contribution in [-0.4, -0.2) is 0 Å². The van der Waals surface area contributed by atoms with Gasteiger partial charge in [0.15, 0.2) is 0 Å². The number of halogens is 1. The zero-order valence-electron chi connectivity index (χ0n) is 7.67. The highest BCUT2D eigenvalue weighted by Gasteiger charge is 2.03. The number of thiophene rings is 1. The summed E-state index contributed by atoms with van der Waals surface area (Å²) in [6.07, 6.45) is 0.510. The lowest BCUT2D eigenvalue weighted by Crippen LogP contribution is -1.72. The maximum Gasteiger partial charge on any atom is 0.0696 e. The van der Waals surface area contributed by atoms with Crippen molar-refractivity contribution in [2.45, 2.75) is 13.3 Å². The molecule has 0 aliphatic rings. The Morgan fingerprint density at radius 3 is 2.93 bits per heavy atom. The second-order valence-electron chi connectivity index (χ2n) is 3.19. The van der Waals surface area contributed by atoms with Crippen molar-refractivity contribution in [3.05, 3.63) is 33.1 Å². The van der Waals surface area contributed by atoms with Crippen molar-refractivity contribution in [3.8, 4) is 6.07 Å². The fourth-order valence-electron chi connectivity index (χ4n) is 1.38. The van der Waals surface area contributed by atoms with Gasteiger partial charge in [-0.25, -0.2) is 0 Å². The first kappa shape index (κ1) is 9.70. The molecule has 0 amide bonds. The third kappa shape index (κ3) is 1.68. The number of aryl methyl sites for hydroxylation is 1. The molecule has 1 heterocycles. The topological polar surface area (TPSA) is 23.8 Å². The van der Waals surface area contributed by atoms with Gasteiger partial charge < -0.3 is 0 Å². The lowest BCUT2D eigenvalue weighted by molar-refractivity contribution is 1.32. The molecule has 2 rings (SSSR count). The zero-order valence-corrected chi connectivity index (χ0v) is 10.1. The van der Waals surface area contributed by atoms with Crippen LogP contribution in [0.25, 0.3) is 10.1 Å². The maximum absolute atomic E-state index is 8.60. The lowest BCUT2D eigenvalue weighted by Gasteiger charge is -1.96. The van der Waals surface area contributed by atoms with E-state index in [2.05, 4.69) is 47.1 Å². The molecule has 0 aliphatic heterocycles. The minimum absolute atomic E-state index is 0.510. The molecular formula is C11H8BrNS. The van der Waals surface area contributed by atoms with E-state index in [1.807, 2.05) is 0 Å². The quantitative estimate of drug-likeness (QED) is 0.764. The minimum Gasteiger partial charge on any atom is -0.198 e. The summed E-state index contributed by atoms with van der Waals surface area (Å²) < 4.78 is 2.39. The van der Waals surface area contributed by atoms with Crippen molar-refractivity contribution in [2.24, 2.45) is 0 Å². The van der Waals surface area contributed by atoms with Gasteiger partial charge in [-0.2, -0.15) is 5.26 Å². The molecule has 70 valence electrons. The molecule has 0 bridgehead atoms. The van der Waals surface area contributed by atoms with Gasteiger partial charge in [-0.05, 0) is 36.1 Å². The molecule has 1 aromatic heterocycles. The Bertz CT molecular complexity index is 483. The molecule has 0 radical (unpaired) electrons. The second-order valence-corrected chi connectivity index (χ2v) is 5.21. The van der Waals surface area contributed by atoms with E-state index in [9.17, 15) is 0 Å². The van der Waals surface area contributed by atoms with Gasteiger partial charge >= 0.3 is 0 Å². The summed E-state index contributed by atoms with van der Waals surface area (Å²) in [5, 5.41) is 9.82. The van der Waals surface area contributed by atoms with Crippen LogP contribution in [-0.2, 0) is 6.42 Å². The highest BCUT2D eigenvalue weighted by molar-refractivity contribution is 9.10. The number of nitriles is 1.